The Bertz CT molecular complexity index is 677. The average molecular weight is 321 g/mol. The van der Waals surface area contributed by atoms with Crippen LogP contribution in [-0.2, 0) is 6.54 Å². The molecule has 1 aromatic carbocycles. The normalized spacial score (nSPS) is 21.5. The molecule has 2 saturated heterocycles. The Labute approximate surface area is 145 Å². The summed E-state index contributed by atoms with van der Waals surface area (Å²) in [5.41, 5.74) is 4.23. The molecule has 0 aliphatic carbocycles. The second kappa shape index (κ2) is 6.94. The largest absolute Gasteiger partial charge is 0.357 e. The number of nitrogens with zero attached hydrogens (tertiary/aromatic N) is 3. The van der Waals surface area contributed by atoms with Gasteiger partial charge >= 0.3 is 0 Å². The zero-order chi connectivity index (χ0) is 16.4. The smallest absolute Gasteiger partial charge is 0.128 e. The van der Waals surface area contributed by atoms with Crippen LogP contribution in [0.5, 0.6) is 0 Å². The number of aryl methyl sites for hydroxylation is 1. The van der Waals surface area contributed by atoms with E-state index in [4.69, 9.17) is 4.98 Å². The van der Waals surface area contributed by atoms with E-state index in [0.29, 0.717) is 6.04 Å². The fourth-order valence-electron chi connectivity index (χ4n) is 4.21. The lowest BCUT2D eigenvalue weighted by Crippen LogP contribution is -2.24. The number of rotatable bonds is 4. The second-order valence-corrected chi connectivity index (χ2v) is 7.21. The molecule has 0 spiro atoms. The van der Waals surface area contributed by atoms with E-state index in [0.717, 1.165) is 19.6 Å². The number of likely N-dealkylation sites (tertiary alicyclic amines) is 1. The van der Waals surface area contributed by atoms with Crippen LogP contribution in [0.2, 0.25) is 0 Å². The molecule has 2 aliphatic heterocycles. The molecule has 1 atom stereocenters. The Balaban J connectivity index is 1.53. The van der Waals surface area contributed by atoms with E-state index in [1.54, 1.807) is 0 Å². The Kier molecular flexibility index (Phi) is 4.52. The van der Waals surface area contributed by atoms with E-state index in [-0.39, 0.29) is 0 Å². The van der Waals surface area contributed by atoms with Crippen molar-refractivity contribution in [3.05, 3.63) is 59.3 Å². The summed E-state index contributed by atoms with van der Waals surface area (Å²) < 4.78 is 0. The van der Waals surface area contributed by atoms with Gasteiger partial charge in [-0.15, -0.1) is 0 Å². The zero-order valence-corrected chi connectivity index (χ0v) is 14.6. The lowest BCUT2D eigenvalue weighted by molar-refractivity contribution is 0.247. The van der Waals surface area contributed by atoms with Crippen LogP contribution in [0.3, 0.4) is 0 Å². The van der Waals surface area contributed by atoms with Crippen molar-refractivity contribution in [1.29, 1.82) is 0 Å². The van der Waals surface area contributed by atoms with Crippen molar-refractivity contribution in [3.63, 3.8) is 0 Å². The second-order valence-electron chi connectivity index (χ2n) is 7.21. The van der Waals surface area contributed by atoms with Crippen LogP contribution in [0.15, 0.2) is 42.6 Å². The molecule has 24 heavy (non-hydrogen) atoms. The van der Waals surface area contributed by atoms with E-state index < -0.39 is 0 Å². The van der Waals surface area contributed by atoms with E-state index in [1.807, 2.05) is 0 Å². The number of pyridine rings is 1. The number of hydrogen-bond donors (Lipinski definition) is 0. The van der Waals surface area contributed by atoms with Gasteiger partial charge in [0.25, 0.3) is 0 Å². The number of aromatic nitrogens is 1. The van der Waals surface area contributed by atoms with Crippen molar-refractivity contribution in [2.75, 3.05) is 24.5 Å². The number of benzene rings is 1. The maximum absolute atomic E-state index is 4.81. The highest BCUT2D eigenvalue weighted by molar-refractivity contribution is 5.45. The third kappa shape index (κ3) is 3.18. The first-order valence-corrected chi connectivity index (χ1v) is 9.31. The molecule has 0 amide bonds. The molecule has 126 valence electrons. The van der Waals surface area contributed by atoms with E-state index >= 15 is 0 Å². The van der Waals surface area contributed by atoms with Gasteiger partial charge in [-0.05, 0) is 61.9 Å². The Morgan fingerprint density at radius 1 is 1.04 bits per heavy atom. The molecule has 1 aromatic heterocycles. The summed E-state index contributed by atoms with van der Waals surface area (Å²) in [5, 5.41) is 0. The molecule has 3 heterocycles. The van der Waals surface area contributed by atoms with Crippen LogP contribution >= 0.6 is 0 Å². The number of hydrogen-bond acceptors (Lipinski definition) is 3. The molecule has 2 aliphatic rings. The van der Waals surface area contributed by atoms with Crippen LogP contribution in [0, 0.1) is 6.92 Å². The molecule has 2 fully saturated rings. The molecule has 0 bridgehead atoms. The van der Waals surface area contributed by atoms with Crippen LogP contribution in [0.25, 0.3) is 0 Å². The molecule has 3 nitrogen and oxygen atoms in total. The molecular formula is C21H27N3. The van der Waals surface area contributed by atoms with Gasteiger partial charge in [0.1, 0.15) is 5.82 Å². The third-order valence-corrected chi connectivity index (χ3v) is 5.52. The monoisotopic (exact) mass is 321 g/mol. The molecule has 2 aromatic rings. The number of anilines is 1. The summed E-state index contributed by atoms with van der Waals surface area (Å²) in [5.74, 6) is 1.17. The molecule has 4 rings (SSSR count). The van der Waals surface area contributed by atoms with Crippen LogP contribution < -0.4 is 4.90 Å². The van der Waals surface area contributed by atoms with Crippen molar-refractivity contribution in [1.82, 2.24) is 9.88 Å². The van der Waals surface area contributed by atoms with Gasteiger partial charge in [-0.25, -0.2) is 4.98 Å². The van der Waals surface area contributed by atoms with Gasteiger partial charge in [0.2, 0.25) is 0 Å². The van der Waals surface area contributed by atoms with Crippen molar-refractivity contribution in [2.24, 2.45) is 0 Å². The first-order valence-electron chi connectivity index (χ1n) is 9.31. The van der Waals surface area contributed by atoms with Crippen molar-refractivity contribution >= 4 is 5.82 Å². The Morgan fingerprint density at radius 3 is 2.58 bits per heavy atom. The van der Waals surface area contributed by atoms with Crippen molar-refractivity contribution in [3.8, 4) is 0 Å². The molecule has 0 radical (unpaired) electrons. The highest BCUT2D eigenvalue weighted by atomic mass is 15.2. The van der Waals surface area contributed by atoms with Crippen LogP contribution in [0.4, 0.5) is 5.82 Å². The molecular weight excluding hydrogens is 294 g/mol. The van der Waals surface area contributed by atoms with E-state index in [9.17, 15) is 0 Å². The SMILES string of the molecule is Cc1cc(N2CCCC2)ncc1[C@@H]1CCCN1Cc1ccccc1. The van der Waals surface area contributed by atoms with Crippen LogP contribution in [0.1, 0.15) is 48.4 Å². The minimum absolute atomic E-state index is 0.519. The first-order chi connectivity index (χ1) is 11.8. The minimum atomic E-state index is 0.519. The Hall–Kier alpha value is -1.87. The zero-order valence-electron chi connectivity index (χ0n) is 14.6. The molecule has 0 N–H and O–H groups in total. The highest BCUT2D eigenvalue weighted by Gasteiger charge is 2.27. The van der Waals surface area contributed by atoms with Gasteiger partial charge in [-0.3, -0.25) is 4.90 Å². The van der Waals surface area contributed by atoms with E-state index in [2.05, 4.69) is 59.3 Å². The molecule has 3 heteroatoms. The fraction of sp³-hybridized carbons (Fsp3) is 0.476. The van der Waals surface area contributed by atoms with Gasteiger partial charge in [-0.2, -0.15) is 0 Å². The summed E-state index contributed by atoms with van der Waals surface area (Å²) in [7, 11) is 0. The minimum Gasteiger partial charge on any atom is -0.357 e. The molecule has 0 saturated carbocycles. The molecule has 0 unspecified atom stereocenters. The summed E-state index contributed by atoms with van der Waals surface area (Å²) in [6.07, 6.45) is 7.28. The quantitative estimate of drug-likeness (QED) is 0.835. The Morgan fingerprint density at radius 2 is 1.83 bits per heavy atom. The van der Waals surface area contributed by atoms with Gasteiger partial charge in [0.15, 0.2) is 0 Å². The summed E-state index contributed by atoms with van der Waals surface area (Å²) in [4.78, 5) is 9.85. The first kappa shape index (κ1) is 15.6. The van der Waals surface area contributed by atoms with Crippen molar-refractivity contribution in [2.45, 2.75) is 45.2 Å². The van der Waals surface area contributed by atoms with Gasteiger partial charge < -0.3 is 4.90 Å². The van der Waals surface area contributed by atoms with Gasteiger partial charge in [0, 0.05) is 31.9 Å². The average Bonchev–Trinajstić information content (AvgIpc) is 3.28. The summed E-state index contributed by atoms with van der Waals surface area (Å²) in [6.45, 7) is 6.81. The van der Waals surface area contributed by atoms with Gasteiger partial charge in [0.05, 0.1) is 0 Å². The topological polar surface area (TPSA) is 19.4 Å². The predicted octanol–water partition coefficient (Wildman–Crippen LogP) is 4.33. The summed E-state index contributed by atoms with van der Waals surface area (Å²) >= 11 is 0. The summed E-state index contributed by atoms with van der Waals surface area (Å²) in [6, 6.07) is 13.7. The predicted molar refractivity (Wildman–Crippen MR) is 99.2 cm³/mol. The lowest BCUT2D eigenvalue weighted by Gasteiger charge is -2.27. The maximum atomic E-state index is 4.81. The fourth-order valence-corrected chi connectivity index (χ4v) is 4.21. The standard InChI is InChI=1S/C21H27N3/c1-17-14-21(23-11-5-6-12-23)22-15-19(17)20-10-7-13-24(20)16-18-8-3-2-4-9-18/h2-4,8-9,14-15,20H,5-7,10-13,16H2,1H3/t20-/m0/s1. The van der Waals surface area contributed by atoms with Crippen LogP contribution in [-0.4, -0.2) is 29.5 Å². The van der Waals surface area contributed by atoms with Crippen molar-refractivity contribution < 1.29 is 0 Å². The lowest BCUT2D eigenvalue weighted by atomic mass is 10.0. The van der Waals surface area contributed by atoms with Gasteiger partial charge in [-0.1, -0.05) is 30.3 Å². The maximum Gasteiger partial charge on any atom is 0.128 e. The third-order valence-electron chi connectivity index (χ3n) is 5.52. The van der Waals surface area contributed by atoms with E-state index in [1.165, 1.54) is 54.7 Å². The highest BCUT2D eigenvalue weighted by Crippen LogP contribution is 2.35.